The Bertz CT molecular complexity index is 1600. The van der Waals surface area contributed by atoms with E-state index >= 15 is 8.78 Å². The molecule has 0 aliphatic rings. The van der Waals surface area contributed by atoms with Crippen LogP contribution in [-0.4, -0.2) is 35.2 Å². The molecule has 46 heavy (non-hydrogen) atoms. The first kappa shape index (κ1) is 33.2. The third-order valence-corrected chi connectivity index (χ3v) is 9.91. The SMILES string of the molecule is CSc1ccc(OC(F)(F)[C@@H](N[C@@H](CSC(c2ccccc2)(c2ccccc2)c2ccccc2)C(=O)O)c2ccc(F)cc2)cc1. The van der Waals surface area contributed by atoms with Gasteiger partial charge in [-0.05, 0) is 64.9 Å². The van der Waals surface area contributed by atoms with Crippen LogP contribution in [0.1, 0.15) is 28.3 Å². The van der Waals surface area contributed by atoms with Gasteiger partial charge in [0.15, 0.2) is 0 Å². The van der Waals surface area contributed by atoms with Crippen molar-refractivity contribution in [2.45, 2.75) is 27.8 Å². The average molecular weight is 660 g/mol. The quantitative estimate of drug-likeness (QED) is 0.0917. The van der Waals surface area contributed by atoms with E-state index in [2.05, 4.69) is 5.32 Å². The molecule has 236 valence electrons. The van der Waals surface area contributed by atoms with E-state index in [1.807, 2.05) is 97.3 Å². The Balaban J connectivity index is 1.52. The first-order chi connectivity index (χ1) is 22.2. The monoisotopic (exact) mass is 659 g/mol. The Morgan fingerprint density at radius 3 is 1.67 bits per heavy atom. The number of carboxylic acid groups (broad SMARTS) is 1. The molecular formula is C37H32F3NO3S2. The van der Waals surface area contributed by atoms with Gasteiger partial charge in [-0.2, -0.15) is 8.78 Å². The van der Waals surface area contributed by atoms with E-state index < -0.39 is 34.7 Å². The number of ether oxygens (including phenoxy) is 1. The van der Waals surface area contributed by atoms with Crippen LogP contribution in [0.4, 0.5) is 13.2 Å². The number of rotatable bonds is 14. The zero-order chi connectivity index (χ0) is 32.6. The number of benzene rings is 5. The molecule has 0 radical (unpaired) electrons. The molecule has 0 bridgehead atoms. The summed E-state index contributed by atoms with van der Waals surface area (Å²) < 4.78 is 50.3. The number of hydrogen-bond donors (Lipinski definition) is 2. The van der Waals surface area contributed by atoms with E-state index in [0.29, 0.717) is 0 Å². The molecule has 0 amide bonds. The molecule has 0 saturated heterocycles. The van der Waals surface area contributed by atoms with E-state index in [0.717, 1.165) is 33.7 Å². The van der Waals surface area contributed by atoms with Crippen LogP contribution in [0.2, 0.25) is 0 Å². The Morgan fingerprint density at radius 2 is 1.24 bits per heavy atom. The highest BCUT2D eigenvalue weighted by Crippen LogP contribution is 2.49. The van der Waals surface area contributed by atoms with E-state index in [1.165, 1.54) is 47.8 Å². The predicted octanol–water partition coefficient (Wildman–Crippen LogP) is 9.03. The summed E-state index contributed by atoms with van der Waals surface area (Å²) in [5.41, 5.74) is 2.68. The molecule has 5 rings (SSSR count). The molecule has 0 saturated carbocycles. The Hall–Kier alpha value is -4.18. The van der Waals surface area contributed by atoms with Crippen molar-refractivity contribution in [2.75, 3.05) is 12.0 Å². The van der Waals surface area contributed by atoms with E-state index in [-0.39, 0.29) is 17.1 Å². The van der Waals surface area contributed by atoms with Gasteiger partial charge in [-0.15, -0.1) is 23.5 Å². The van der Waals surface area contributed by atoms with Crippen molar-refractivity contribution in [1.29, 1.82) is 0 Å². The van der Waals surface area contributed by atoms with Crippen molar-refractivity contribution in [3.05, 3.63) is 168 Å². The van der Waals surface area contributed by atoms with E-state index in [9.17, 15) is 14.3 Å². The van der Waals surface area contributed by atoms with Crippen LogP contribution in [0.5, 0.6) is 5.75 Å². The lowest BCUT2D eigenvalue weighted by Gasteiger charge is -2.37. The fourth-order valence-electron chi connectivity index (χ4n) is 5.27. The lowest BCUT2D eigenvalue weighted by atomic mass is 9.84. The zero-order valence-corrected chi connectivity index (χ0v) is 26.5. The molecule has 0 aromatic heterocycles. The highest BCUT2D eigenvalue weighted by molar-refractivity contribution is 8.00. The molecule has 5 aromatic rings. The summed E-state index contributed by atoms with van der Waals surface area (Å²) in [7, 11) is 0. The number of nitrogens with one attached hydrogen (secondary N) is 1. The van der Waals surface area contributed by atoms with Gasteiger partial charge < -0.3 is 9.84 Å². The van der Waals surface area contributed by atoms with Crippen LogP contribution in [0, 0.1) is 5.82 Å². The summed E-state index contributed by atoms with van der Waals surface area (Å²) in [6.07, 6.45) is -2.04. The smallest absolute Gasteiger partial charge is 0.417 e. The fourth-order valence-corrected chi connectivity index (χ4v) is 7.24. The van der Waals surface area contributed by atoms with Crippen LogP contribution >= 0.6 is 23.5 Å². The lowest BCUT2D eigenvalue weighted by molar-refractivity contribution is -0.202. The van der Waals surface area contributed by atoms with E-state index in [4.69, 9.17) is 4.74 Å². The van der Waals surface area contributed by atoms with Crippen molar-refractivity contribution in [2.24, 2.45) is 0 Å². The second-order valence-corrected chi connectivity index (χ2v) is 12.6. The lowest BCUT2D eigenvalue weighted by Crippen LogP contribution is -2.50. The maximum Gasteiger partial charge on any atom is 0.417 e. The summed E-state index contributed by atoms with van der Waals surface area (Å²) in [4.78, 5) is 13.6. The standard InChI is InChI=1S/C37H32F3NO3S2/c1-45-32-23-21-31(22-24-32)44-37(39,40)34(26-17-19-30(38)20-18-26)41-33(35(42)43)25-46-36(27-11-5-2-6-12-27,28-13-7-3-8-14-28)29-15-9-4-10-16-29/h2-24,33-34,41H,25H2,1H3,(H,42,43)/t33-,34-/m0/s1. The van der Waals surface area contributed by atoms with Gasteiger partial charge in [0.05, 0.1) is 4.75 Å². The predicted molar refractivity (Wildman–Crippen MR) is 179 cm³/mol. The Kier molecular flexibility index (Phi) is 10.8. The van der Waals surface area contributed by atoms with Crippen LogP contribution in [0.15, 0.2) is 144 Å². The molecule has 9 heteroatoms. The number of aliphatic carboxylic acids is 1. The third kappa shape index (κ3) is 7.61. The Morgan fingerprint density at radius 1 is 0.761 bits per heavy atom. The topological polar surface area (TPSA) is 58.6 Å². The molecule has 0 aliphatic heterocycles. The maximum absolute atomic E-state index is 16.1. The van der Waals surface area contributed by atoms with Gasteiger partial charge in [-0.3, -0.25) is 10.1 Å². The maximum atomic E-state index is 16.1. The minimum Gasteiger partial charge on any atom is -0.480 e. The first-order valence-corrected chi connectivity index (χ1v) is 16.7. The molecule has 5 aromatic carbocycles. The molecule has 0 aliphatic carbocycles. The minimum absolute atomic E-state index is 0.0242. The molecule has 0 spiro atoms. The molecule has 4 nitrogen and oxygen atoms in total. The Labute approximate surface area is 275 Å². The number of alkyl halides is 2. The largest absolute Gasteiger partial charge is 0.480 e. The third-order valence-electron chi connectivity index (χ3n) is 7.53. The number of halogens is 3. The van der Waals surface area contributed by atoms with Crippen molar-refractivity contribution in [1.82, 2.24) is 5.32 Å². The van der Waals surface area contributed by atoms with Gasteiger partial charge in [0, 0.05) is 10.6 Å². The number of hydrogen-bond acceptors (Lipinski definition) is 5. The number of carbonyl (C=O) groups is 1. The molecular weight excluding hydrogens is 628 g/mol. The van der Waals surface area contributed by atoms with Crippen molar-refractivity contribution >= 4 is 29.5 Å². The van der Waals surface area contributed by atoms with E-state index in [1.54, 1.807) is 12.1 Å². The van der Waals surface area contributed by atoms with Gasteiger partial charge >= 0.3 is 12.1 Å². The summed E-state index contributed by atoms with van der Waals surface area (Å²) >= 11 is 2.79. The number of carboxylic acids is 1. The van der Waals surface area contributed by atoms with Crippen LogP contribution in [0.3, 0.4) is 0 Å². The fraction of sp³-hybridized carbons (Fsp3) is 0.162. The summed E-state index contributed by atoms with van der Waals surface area (Å²) in [6, 6.07) is 36.4. The molecule has 2 N–H and O–H groups in total. The second-order valence-electron chi connectivity index (χ2n) is 10.5. The highest BCUT2D eigenvalue weighted by Gasteiger charge is 2.46. The minimum atomic E-state index is -3.91. The average Bonchev–Trinajstić information content (AvgIpc) is 3.08. The molecule has 0 fully saturated rings. The normalized spacial score (nSPS) is 13.1. The van der Waals surface area contributed by atoms with Crippen LogP contribution < -0.4 is 10.1 Å². The summed E-state index contributed by atoms with van der Waals surface area (Å²) in [5.74, 6) is -2.12. The molecule has 0 heterocycles. The molecule has 0 unspecified atom stereocenters. The van der Waals surface area contributed by atoms with Crippen molar-refractivity contribution < 1.29 is 27.8 Å². The van der Waals surface area contributed by atoms with Crippen molar-refractivity contribution in [3.8, 4) is 5.75 Å². The van der Waals surface area contributed by atoms with Crippen LogP contribution in [-0.2, 0) is 9.54 Å². The summed E-state index contributed by atoms with van der Waals surface area (Å²) in [5, 5.41) is 13.1. The molecule has 2 atom stereocenters. The first-order valence-electron chi connectivity index (χ1n) is 14.5. The van der Waals surface area contributed by atoms with Crippen LogP contribution in [0.25, 0.3) is 0 Å². The summed E-state index contributed by atoms with van der Waals surface area (Å²) in [6.45, 7) is 0. The van der Waals surface area contributed by atoms with Gasteiger partial charge in [0.1, 0.15) is 23.7 Å². The van der Waals surface area contributed by atoms with Gasteiger partial charge in [0.25, 0.3) is 0 Å². The van der Waals surface area contributed by atoms with Gasteiger partial charge in [-0.1, -0.05) is 103 Å². The number of thioether (sulfide) groups is 2. The zero-order valence-electron chi connectivity index (χ0n) is 24.9. The second kappa shape index (κ2) is 14.9. The highest BCUT2D eigenvalue weighted by atomic mass is 32.2. The van der Waals surface area contributed by atoms with Gasteiger partial charge in [0.2, 0.25) is 0 Å². The van der Waals surface area contributed by atoms with Crippen molar-refractivity contribution in [3.63, 3.8) is 0 Å². The van der Waals surface area contributed by atoms with Gasteiger partial charge in [-0.25, -0.2) is 4.39 Å².